The highest BCUT2D eigenvalue weighted by molar-refractivity contribution is 5.95. The monoisotopic (exact) mass is 320 g/mol. The maximum atomic E-state index is 11.9. The van der Waals surface area contributed by atoms with E-state index in [1.165, 1.54) is 12.1 Å². The van der Waals surface area contributed by atoms with Crippen LogP contribution in [0.25, 0.3) is 0 Å². The molecule has 0 saturated carbocycles. The Bertz CT molecular complexity index is 849. The third kappa shape index (κ3) is 4.33. The molecular weight excluding hydrogens is 308 g/mol. The van der Waals surface area contributed by atoms with Gasteiger partial charge in [0, 0.05) is 5.56 Å². The van der Waals surface area contributed by atoms with Crippen molar-refractivity contribution in [1.29, 1.82) is 10.5 Å². The number of para-hydroxylation sites is 1. The number of amides is 2. The predicted octanol–water partition coefficient (Wildman–Crippen LogP) is 1.27. The van der Waals surface area contributed by atoms with Crippen molar-refractivity contribution in [2.24, 2.45) is 0 Å². The van der Waals surface area contributed by atoms with Crippen LogP contribution in [-0.2, 0) is 4.79 Å². The number of benzene rings is 2. The molecule has 2 N–H and O–H groups in total. The number of rotatable bonds is 4. The van der Waals surface area contributed by atoms with Crippen LogP contribution in [0.3, 0.4) is 0 Å². The molecule has 0 atom stereocenters. The van der Waals surface area contributed by atoms with E-state index in [4.69, 9.17) is 15.3 Å². The number of carbonyl (C=O) groups is 2. The second-order valence-corrected chi connectivity index (χ2v) is 4.59. The summed E-state index contributed by atoms with van der Waals surface area (Å²) in [6, 6.07) is 16.4. The third-order valence-corrected chi connectivity index (χ3v) is 2.94. The van der Waals surface area contributed by atoms with Gasteiger partial charge in [-0.15, -0.1) is 0 Å². The zero-order valence-electron chi connectivity index (χ0n) is 12.4. The first-order chi connectivity index (χ1) is 11.6. The number of ether oxygens (including phenoxy) is 1. The summed E-state index contributed by atoms with van der Waals surface area (Å²) in [6.45, 7) is -0.364. The van der Waals surface area contributed by atoms with Gasteiger partial charge in [0.25, 0.3) is 11.8 Å². The lowest BCUT2D eigenvalue weighted by atomic mass is 10.1. The summed E-state index contributed by atoms with van der Waals surface area (Å²) in [6.07, 6.45) is 0. The van der Waals surface area contributed by atoms with Gasteiger partial charge >= 0.3 is 0 Å². The Labute approximate surface area is 138 Å². The van der Waals surface area contributed by atoms with Crippen molar-refractivity contribution in [1.82, 2.24) is 10.9 Å². The smallest absolute Gasteiger partial charge is 0.276 e. The molecule has 2 amide bonds. The maximum absolute atomic E-state index is 11.9. The van der Waals surface area contributed by atoms with Crippen LogP contribution in [0.1, 0.15) is 21.5 Å². The first-order valence-electron chi connectivity index (χ1n) is 6.85. The minimum Gasteiger partial charge on any atom is -0.482 e. The van der Waals surface area contributed by atoms with Crippen molar-refractivity contribution in [3.8, 4) is 17.9 Å². The van der Waals surface area contributed by atoms with Gasteiger partial charge in [-0.25, -0.2) is 0 Å². The van der Waals surface area contributed by atoms with Crippen LogP contribution in [0.2, 0.25) is 0 Å². The fourth-order valence-electron chi connectivity index (χ4n) is 1.79. The van der Waals surface area contributed by atoms with Gasteiger partial charge in [-0.05, 0) is 30.3 Å². The Morgan fingerprint density at radius 1 is 1.00 bits per heavy atom. The summed E-state index contributed by atoms with van der Waals surface area (Å²) in [5.41, 5.74) is 5.31. The molecule has 0 bridgehead atoms. The quantitative estimate of drug-likeness (QED) is 0.823. The van der Waals surface area contributed by atoms with Gasteiger partial charge in [-0.2, -0.15) is 10.5 Å². The molecule has 0 aliphatic carbocycles. The Morgan fingerprint density at radius 2 is 1.79 bits per heavy atom. The number of nitrogens with zero attached hydrogens (tertiary/aromatic N) is 2. The highest BCUT2D eigenvalue weighted by Gasteiger charge is 2.09. The summed E-state index contributed by atoms with van der Waals surface area (Å²) in [5, 5.41) is 17.7. The molecule has 2 rings (SSSR count). The zero-order valence-corrected chi connectivity index (χ0v) is 12.4. The van der Waals surface area contributed by atoms with Crippen molar-refractivity contribution in [3.63, 3.8) is 0 Å². The molecule has 0 aromatic heterocycles. The summed E-state index contributed by atoms with van der Waals surface area (Å²) in [5.74, 6) is -0.867. The van der Waals surface area contributed by atoms with E-state index >= 15 is 0 Å². The van der Waals surface area contributed by atoms with E-state index in [0.29, 0.717) is 11.1 Å². The Hall–Kier alpha value is -3.84. The van der Waals surface area contributed by atoms with Crippen LogP contribution >= 0.6 is 0 Å². The Kier molecular flexibility index (Phi) is 5.49. The second-order valence-electron chi connectivity index (χ2n) is 4.59. The van der Waals surface area contributed by atoms with E-state index < -0.39 is 11.8 Å². The molecule has 7 nitrogen and oxygen atoms in total. The lowest BCUT2D eigenvalue weighted by molar-refractivity contribution is -0.123. The first-order valence-corrected chi connectivity index (χ1v) is 6.85. The lowest BCUT2D eigenvalue weighted by Crippen LogP contribution is -2.43. The summed E-state index contributed by atoms with van der Waals surface area (Å²) >= 11 is 0. The number of nitrogens with one attached hydrogen (secondary N) is 2. The molecule has 0 fully saturated rings. The number of hydrogen-bond acceptors (Lipinski definition) is 5. The standard InChI is InChI=1S/C17H12N4O3/c18-9-12-4-3-6-13(8-12)17(23)21-20-16(22)11-24-15-7-2-1-5-14(15)10-19/h1-8H,11H2,(H,20,22)(H,21,23). The minimum absolute atomic E-state index is 0.241. The lowest BCUT2D eigenvalue weighted by Gasteiger charge is -2.09. The largest absolute Gasteiger partial charge is 0.482 e. The summed E-state index contributed by atoms with van der Waals surface area (Å²) in [4.78, 5) is 23.6. The average molecular weight is 320 g/mol. The maximum Gasteiger partial charge on any atom is 0.276 e. The Morgan fingerprint density at radius 3 is 2.54 bits per heavy atom. The molecule has 0 aliphatic rings. The Balaban J connectivity index is 1.86. The summed E-state index contributed by atoms with van der Waals surface area (Å²) < 4.78 is 5.24. The van der Waals surface area contributed by atoms with Gasteiger partial charge in [0.1, 0.15) is 11.8 Å². The summed E-state index contributed by atoms with van der Waals surface area (Å²) in [7, 11) is 0. The number of hydrogen-bond donors (Lipinski definition) is 2. The fourth-order valence-corrected chi connectivity index (χ4v) is 1.79. The molecule has 2 aromatic rings. The number of carbonyl (C=O) groups excluding carboxylic acids is 2. The third-order valence-electron chi connectivity index (χ3n) is 2.94. The molecule has 0 radical (unpaired) electrons. The van der Waals surface area contributed by atoms with Crippen molar-refractivity contribution in [3.05, 3.63) is 65.2 Å². The van der Waals surface area contributed by atoms with Crippen LogP contribution in [0, 0.1) is 22.7 Å². The number of nitriles is 2. The SMILES string of the molecule is N#Cc1cccc(C(=O)NNC(=O)COc2ccccc2C#N)c1. The molecule has 7 heteroatoms. The highest BCUT2D eigenvalue weighted by atomic mass is 16.5. The average Bonchev–Trinajstić information content (AvgIpc) is 2.64. The molecule has 0 saturated heterocycles. The molecule has 0 unspecified atom stereocenters. The van der Waals surface area contributed by atoms with E-state index in [-0.39, 0.29) is 17.9 Å². The number of hydrazine groups is 1. The van der Waals surface area contributed by atoms with Crippen LogP contribution in [0.4, 0.5) is 0 Å². The zero-order chi connectivity index (χ0) is 17.4. The van der Waals surface area contributed by atoms with Crippen LogP contribution < -0.4 is 15.6 Å². The van der Waals surface area contributed by atoms with Crippen molar-refractivity contribution >= 4 is 11.8 Å². The van der Waals surface area contributed by atoms with Crippen molar-refractivity contribution in [2.75, 3.05) is 6.61 Å². The van der Waals surface area contributed by atoms with Crippen LogP contribution in [0.5, 0.6) is 5.75 Å². The van der Waals surface area contributed by atoms with Gasteiger partial charge < -0.3 is 4.74 Å². The fraction of sp³-hybridized carbons (Fsp3) is 0.0588. The van der Waals surface area contributed by atoms with Gasteiger partial charge in [0.15, 0.2) is 6.61 Å². The predicted molar refractivity (Wildman–Crippen MR) is 83.4 cm³/mol. The molecule has 2 aromatic carbocycles. The van der Waals surface area contributed by atoms with Crippen LogP contribution in [0.15, 0.2) is 48.5 Å². The molecule has 118 valence electrons. The molecule has 24 heavy (non-hydrogen) atoms. The van der Waals surface area contributed by atoms with Gasteiger partial charge in [0.05, 0.1) is 17.2 Å². The minimum atomic E-state index is -0.590. The molecule has 0 spiro atoms. The van der Waals surface area contributed by atoms with E-state index in [9.17, 15) is 9.59 Å². The van der Waals surface area contributed by atoms with Crippen molar-refractivity contribution < 1.29 is 14.3 Å². The normalized spacial score (nSPS) is 9.25. The van der Waals surface area contributed by atoms with Gasteiger partial charge in [-0.1, -0.05) is 18.2 Å². The molecule has 0 heterocycles. The first kappa shape index (κ1) is 16.5. The van der Waals surface area contributed by atoms with Crippen LogP contribution in [-0.4, -0.2) is 18.4 Å². The molecule has 0 aliphatic heterocycles. The second kappa shape index (κ2) is 7.97. The molecular formula is C17H12N4O3. The van der Waals surface area contributed by atoms with E-state index in [2.05, 4.69) is 10.9 Å². The van der Waals surface area contributed by atoms with E-state index in [1.807, 2.05) is 12.1 Å². The topological polar surface area (TPSA) is 115 Å². The van der Waals surface area contributed by atoms with E-state index in [0.717, 1.165) is 0 Å². The van der Waals surface area contributed by atoms with Crippen molar-refractivity contribution in [2.45, 2.75) is 0 Å². The highest BCUT2D eigenvalue weighted by Crippen LogP contribution is 2.16. The van der Waals surface area contributed by atoms with E-state index in [1.54, 1.807) is 36.4 Å². The van der Waals surface area contributed by atoms with Gasteiger partial charge in [0.2, 0.25) is 0 Å². The van der Waals surface area contributed by atoms with Gasteiger partial charge in [-0.3, -0.25) is 20.4 Å².